The van der Waals surface area contributed by atoms with Gasteiger partial charge in [0.15, 0.2) is 0 Å². The molecule has 1 aliphatic rings. The van der Waals surface area contributed by atoms with Gasteiger partial charge in [0, 0.05) is 17.1 Å². The fourth-order valence-corrected chi connectivity index (χ4v) is 6.30. The van der Waals surface area contributed by atoms with E-state index < -0.39 is 28.5 Å². The number of halogens is 1. The molecule has 2 amide bonds. The van der Waals surface area contributed by atoms with Gasteiger partial charge in [-0.05, 0) is 61.7 Å². The third-order valence-electron chi connectivity index (χ3n) is 6.79. The van der Waals surface area contributed by atoms with Gasteiger partial charge >= 0.3 is 0 Å². The van der Waals surface area contributed by atoms with Crippen LogP contribution in [0.2, 0.25) is 0 Å². The first-order chi connectivity index (χ1) is 18.3. The maximum absolute atomic E-state index is 13.9. The van der Waals surface area contributed by atoms with Gasteiger partial charge in [0.2, 0.25) is 11.8 Å². The number of amides is 2. The van der Waals surface area contributed by atoms with E-state index in [2.05, 4.69) is 21.2 Å². The maximum atomic E-state index is 13.9. The molecule has 1 N–H and O–H groups in total. The van der Waals surface area contributed by atoms with Crippen LogP contribution in [0.25, 0.3) is 0 Å². The molecule has 0 aliphatic heterocycles. The summed E-state index contributed by atoms with van der Waals surface area (Å²) in [5.41, 5.74) is 1.20. The average molecular weight is 599 g/mol. The van der Waals surface area contributed by atoms with Crippen LogP contribution in [0.3, 0.4) is 0 Å². The molecule has 0 heterocycles. The summed E-state index contributed by atoms with van der Waals surface area (Å²) in [4.78, 5) is 28.7. The highest BCUT2D eigenvalue weighted by Crippen LogP contribution is 2.25. The van der Waals surface area contributed by atoms with E-state index in [0.717, 1.165) is 40.0 Å². The maximum Gasteiger partial charge on any atom is 0.264 e. The zero-order valence-electron chi connectivity index (χ0n) is 21.3. The molecule has 7 nitrogen and oxygen atoms in total. The van der Waals surface area contributed by atoms with E-state index in [-0.39, 0.29) is 23.4 Å². The van der Waals surface area contributed by atoms with Gasteiger partial charge in [-0.2, -0.15) is 0 Å². The molecule has 9 heteroatoms. The van der Waals surface area contributed by atoms with Crippen molar-refractivity contribution in [2.75, 3.05) is 10.8 Å². The van der Waals surface area contributed by atoms with Crippen molar-refractivity contribution >= 4 is 43.5 Å². The minimum absolute atomic E-state index is 0.0862. The molecule has 1 saturated carbocycles. The SMILES string of the molecule is CC(C(=O)NC1CCCC1)N(Cc1ccc(Br)cc1)C(=O)CN(c1ccccc1)S(=O)(=O)c1ccccc1. The molecule has 0 radical (unpaired) electrons. The second kappa shape index (κ2) is 12.6. The molecule has 0 spiro atoms. The van der Waals surface area contributed by atoms with Crippen molar-refractivity contribution in [2.45, 2.75) is 56.1 Å². The molecule has 0 aromatic heterocycles. The molecule has 1 atom stereocenters. The normalized spacial score (nSPS) is 14.6. The fraction of sp³-hybridized carbons (Fsp3) is 0.310. The number of anilines is 1. The number of nitrogens with zero attached hydrogens (tertiary/aromatic N) is 2. The minimum atomic E-state index is -4.05. The Hall–Kier alpha value is -3.17. The zero-order valence-corrected chi connectivity index (χ0v) is 23.7. The standard InChI is InChI=1S/C29H32BrN3O4S/c1-22(29(35)31-25-10-8-9-11-25)32(20-23-16-18-24(30)19-17-23)28(34)21-33(26-12-4-2-5-13-26)38(36,37)27-14-6-3-7-15-27/h2-7,12-19,22,25H,8-11,20-21H2,1H3,(H,31,35). The summed E-state index contributed by atoms with van der Waals surface area (Å²) in [7, 11) is -4.05. The van der Waals surface area contributed by atoms with Crippen molar-refractivity contribution in [2.24, 2.45) is 0 Å². The van der Waals surface area contributed by atoms with Crippen molar-refractivity contribution < 1.29 is 18.0 Å². The molecule has 38 heavy (non-hydrogen) atoms. The molecule has 200 valence electrons. The number of carbonyl (C=O) groups is 2. The molecule has 3 aromatic carbocycles. The summed E-state index contributed by atoms with van der Waals surface area (Å²) in [5.74, 6) is -0.704. The molecule has 1 fully saturated rings. The lowest BCUT2D eigenvalue weighted by atomic mass is 10.1. The van der Waals surface area contributed by atoms with Crippen molar-refractivity contribution in [3.05, 3.63) is 95.0 Å². The Kier molecular flexibility index (Phi) is 9.22. The van der Waals surface area contributed by atoms with E-state index in [4.69, 9.17) is 0 Å². The largest absolute Gasteiger partial charge is 0.352 e. The molecule has 3 aromatic rings. The first kappa shape index (κ1) is 27.9. The number of para-hydroxylation sites is 1. The van der Waals surface area contributed by atoms with Crippen molar-refractivity contribution in [1.82, 2.24) is 10.2 Å². The number of hydrogen-bond donors (Lipinski definition) is 1. The van der Waals surface area contributed by atoms with E-state index in [1.54, 1.807) is 55.5 Å². The number of nitrogens with one attached hydrogen (secondary N) is 1. The van der Waals surface area contributed by atoms with Crippen molar-refractivity contribution in [3.63, 3.8) is 0 Å². The molecule has 1 unspecified atom stereocenters. The van der Waals surface area contributed by atoms with Crippen LogP contribution in [0.5, 0.6) is 0 Å². The zero-order chi connectivity index (χ0) is 27.1. The molecule has 1 aliphatic carbocycles. The van der Waals surface area contributed by atoms with Gasteiger partial charge in [-0.1, -0.05) is 77.3 Å². The number of benzene rings is 3. The highest BCUT2D eigenvalue weighted by Gasteiger charge is 2.33. The van der Waals surface area contributed by atoms with Crippen LogP contribution in [0.4, 0.5) is 5.69 Å². The van der Waals surface area contributed by atoms with E-state index in [9.17, 15) is 18.0 Å². The molecule has 0 bridgehead atoms. The summed E-state index contributed by atoms with van der Waals surface area (Å²) in [6, 6.07) is 23.4. The number of rotatable bonds is 10. The number of carbonyl (C=O) groups excluding carboxylic acids is 2. The van der Waals surface area contributed by atoms with E-state index in [1.807, 2.05) is 24.3 Å². The van der Waals surface area contributed by atoms with Crippen LogP contribution in [-0.2, 0) is 26.2 Å². The van der Waals surface area contributed by atoms with Crippen LogP contribution in [0.15, 0.2) is 94.3 Å². The lowest BCUT2D eigenvalue weighted by molar-refractivity contribution is -0.139. The summed E-state index contributed by atoms with van der Waals surface area (Å²) in [5, 5.41) is 3.08. The fourth-order valence-electron chi connectivity index (χ4n) is 4.60. The smallest absolute Gasteiger partial charge is 0.264 e. The molecular formula is C29H32BrN3O4S. The summed E-state index contributed by atoms with van der Waals surface area (Å²) in [6.45, 7) is 1.41. The predicted molar refractivity (Wildman–Crippen MR) is 152 cm³/mol. The number of sulfonamides is 1. The Morgan fingerprint density at radius 3 is 2.11 bits per heavy atom. The average Bonchev–Trinajstić information content (AvgIpc) is 3.45. The second-order valence-electron chi connectivity index (χ2n) is 9.47. The Labute approximate surface area is 233 Å². The van der Waals surface area contributed by atoms with Gasteiger partial charge in [-0.25, -0.2) is 8.42 Å². The predicted octanol–water partition coefficient (Wildman–Crippen LogP) is 5.12. The molecule has 0 saturated heterocycles. The summed E-state index contributed by atoms with van der Waals surface area (Å²) < 4.78 is 29.4. The second-order valence-corrected chi connectivity index (χ2v) is 12.3. The van der Waals surface area contributed by atoms with Crippen molar-refractivity contribution in [1.29, 1.82) is 0 Å². The van der Waals surface area contributed by atoms with Gasteiger partial charge in [-0.15, -0.1) is 0 Å². The first-order valence-electron chi connectivity index (χ1n) is 12.7. The first-order valence-corrected chi connectivity index (χ1v) is 15.0. The molecular weight excluding hydrogens is 566 g/mol. The summed E-state index contributed by atoms with van der Waals surface area (Å²) >= 11 is 3.43. The van der Waals surface area contributed by atoms with Crippen molar-refractivity contribution in [3.8, 4) is 0 Å². The van der Waals surface area contributed by atoms with E-state index in [1.165, 1.54) is 17.0 Å². The van der Waals surface area contributed by atoms with Gasteiger partial charge < -0.3 is 10.2 Å². The topological polar surface area (TPSA) is 86.8 Å². The van der Waals surface area contributed by atoms with Crippen LogP contribution >= 0.6 is 15.9 Å². The minimum Gasteiger partial charge on any atom is -0.352 e. The number of hydrogen-bond acceptors (Lipinski definition) is 4. The van der Waals surface area contributed by atoms with Crippen LogP contribution in [0.1, 0.15) is 38.2 Å². The third kappa shape index (κ3) is 6.82. The Balaban J connectivity index is 1.65. The van der Waals surface area contributed by atoms with Crippen LogP contribution in [-0.4, -0.2) is 43.8 Å². The lowest BCUT2D eigenvalue weighted by Crippen LogP contribution is -2.52. The lowest BCUT2D eigenvalue weighted by Gasteiger charge is -2.32. The quantitative estimate of drug-likeness (QED) is 0.351. The highest BCUT2D eigenvalue weighted by molar-refractivity contribution is 9.10. The van der Waals surface area contributed by atoms with Gasteiger partial charge in [0.1, 0.15) is 12.6 Å². The van der Waals surface area contributed by atoms with Gasteiger partial charge in [0.05, 0.1) is 10.6 Å². The Morgan fingerprint density at radius 1 is 0.921 bits per heavy atom. The summed E-state index contributed by atoms with van der Waals surface area (Å²) in [6.07, 6.45) is 4.00. The Bertz CT molecular complexity index is 1330. The van der Waals surface area contributed by atoms with Gasteiger partial charge in [-0.3, -0.25) is 13.9 Å². The molecule has 4 rings (SSSR count). The van der Waals surface area contributed by atoms with Gasteiger partial charge in [0.25, 0.3) is 10.0 Å². The van der Waals surface area contributed by atoms with E-state index >= 15 is 0 Å². The van der Waals surface area contributed by atoms with Crippen LogP contribution in [0, 0.1) is 0 Å². The van der Waals surface area contributed by atoms with Crippen LogP contribution < -0.4 is 9.62 Å². The third-order valence-corrected chi connectivity index (χ3v) is 9.11. The monoisotopic (exact) mass is 597 g/mol. The Morgan fingerprint density at radius 2 is 1.50 bits per heavy atom. The van der Waals surface area contributed by atoms with E-state index in [0.29, 0.717) is 5.69 Å². The highest BCUT2D eigenvalue weighted by atomic mass is 79.9.